The largest absolute Gasteiger partial charge is 0.497 e. The van der Waals surface area contributed by atoms with Crippen LogP contribution in [0.4, 0.5) is 5.69 Å². The molecule has 0 spiro atoms. The molecule has 0 aliphatic rings. The number of hydrogen-bond donors (Lipinski definition) is 3. The van der Waals surface area contributed by atoms with Gasteiger partial charge in [-0.1, -0.05) is 0 Å². The Morgan fingerprint density at radius 2 is 1.63 bits per heavy atom. The van der Waals surface area contributed by atoms with Crippen LogP contribution in [0, 0.1) is 0 Å². The molecule has 0 unspecified atom stereocenters. The van der Waals surface area contributed by atoms with Crippen molar-refractivity contribution in [2.75, 3.05) is 19.0 Å². The highest BCUT2D eigenvalue weighted by Gasteiger charge is 2.12. The summed E-state index contributed by atoms with van der Waals surface area (Å²) in [6.07, 6.45) is 1.36. The maximum atomic E-state index is 11.8. The third kappa shape index (κ3) is 6.50. The summed E-state index contributed by atoms with van der Waals surface area (Å²) in [6, 6.07) is 13.1. The number of ether oxygens (including phenoxy) is 2. The molecule has 0 bridgehead atoms. The quantitative estimate of drug-likeness (QED) is 0.374. The number of nitrogens with zero attached hydrogens (tertiary/aromatic N) is 1. The first kappa shape index (κ1) is 19.4. The lowest BCUT2D eigenvalue weighted by atomic mass is 10.2. The first-order valence-corrected chi connectivity index (χ1v) is 7.77. The minimum Gasteiger partial charge on any atom is -0.497 e. The molecule has 0 aliphatic carbocycles. The topological polar surface area (TPSA) is 132 Å². The van der Waals surface area contributed by atoms with E-state index in [1.54, 1.807) is 48.5 Å². The van der Waals surface area contributed by atoms with Gasteiger partial charge >= 0.3 is 11.8 Å². The van der Waals surface area contributed by atoms with Crippen molar-refractivity contribution in [2.24, 2.45) is 10.8 Å². The maximum absolute atomic E-state index is 11.8. The number of methoxy groups -OCH3 is 1. The van der Waals surface area contributed by atoms with Crippen LogP contribution in [0.5, 0.6) is 11.5 Å². The summed E-state index contributed by atoms with van der Waals surface area (Å²) in [5.74, 6) is -1.24. The number of carbonyl (C=O) groups excluding carboxylic acids is 3. The zero-order chi connectivity index (χ0) is 19.6. The molecule has 0 saturated heterocycles. The smallest absolute Gasteiger partial charge is 0.329 e. The Kier molecular flexibility index (Phi) is 6.89. The lowest BCUT2D eigenvalue weighted by Gasteiger charge is -2.05. The first-order chi connectivity index (χ1) is 13.0. The number of amides is 3. The van der Waals surface area contributed by atoms with Crippen LogP contribution >= 0.6 is 0 Å². The molecule has 9 heteroatoms. The molecule has 3 amide bonds. The third-order valence-corrected chi connectivity index (χ3v) is 3.20. The van der Waals surface area contributed by atoms with Gasteiger partial charge in [0.1, 0.15) is 11.5 Å². The molecule has 2 aromatic rings. The van der Waals surface area contributed by atoms with Gasteiger partial charge in [-0.25, -0.2) is 5.43 Å². The highest BCUT2D eigenvalue weighted by molar-refractivity contribution is 6.39. The Labute approximate surface area is 155 Å². The number of rotatable bonds is 7. The second kappa shape index (κ2) is 9.56. The standard InChI is InChI=1S/C18H18N4O5/c1-26-14-8-4-13(5-9-14)21-17(24)18(25)22-20-10-12-2-6-15(7-3-12)27-11-16(19)23/h2-10H,11H2,1H3,(H2,19,23)(H,21,24)(H,22,25). The summed E-state index contributed by atoms with van der Waals surface area (Å²) in [5.41, 5.74) is 8.22. The minimum absolute atomic E-state index is 0.215. The fraction of sp³-hybridized carbons (Fsp3) is 0.111. The van der Waals surface area contributed by atoms with E-state index >= 15 is 0 Å². The molecule has 9 nitrogen and oxygen atoms in total. The molecule has 0 fully saturated rings. The van der Waals surface area contributed by atoms with E-state index in [-0.39, 0.29) is 6.61 Å². The van der Waals surface area contributed by atoms with Gasteiger partial charge in [-0.2, -0.15) is 5.10 Å². The van der Waals surface area contributed by atoms with Crippen LogP contribution in [0.1, 0.15) is 5.56 Å². The normalized spacial score (nSPS) is 10.3. The van der Waals surface area contributed by atoms with Crippen LogP contribution in [0.2, 0.25) is 0 Å². The third-order valence-electron chi connectivity index (χ3n) is 3.20. The molecular weight excluding hydrogens is 352 g/mol. The van der Waals surface area contributed by atoms with Gasteiger partial charge < -0.3 is 20.5 Å². The van der Waals surface area contributed by atoms with E-state index in [4.69, 9.17) is 15.2 Å². The molecule has 0 radical (unpaired) electrons. The van der Waals surface area contributed by atoms with E-state index in [1.807, 2.05) is 0 Å². The van der Waals surface area contributed by atoms with Crippen molar-refractivity contribution < 1.29 is 23.9 Å². The van der Waals surface area contributed by atoms with E-state index in [2.05, 4.69) is 15.8 Å². The highest BCUT2D eigenvalue weighted by atomic mass is 16.5. The van der Waals surface area contributed by atoms with Crippen LogP contribution < -0.4 is 25.9 Å². The molecule has 0 aliphatic heterocycles. The second-order valence-corrected chi connectivity index (χ2v) is 5.21. The van der Waals surface area contributed by atoms with Gasteiger partial charge in [-0.3, -0.25) is 14.4 Å². The van der Waals surface area contributed by atoms with Crippen molar-refractivity contribution in [3.63, 3.8) is 0 Å². The van der Waals surface area contributed by atoms with Crippen molar-refractivity contribution in [1.29, 1.82) is 0 Å². The van der Waals surface area contributed by atoms with E-state index in [1.165, 1.54) is 13.3 Å². The molecule has 2 rings (SSSR count). The zero-order valence-corrected chi connectivity index (χ0v) is 14.5. The molecule has 27 heavy (non-hydrogen) atoms. The van der Waals surface area contributed by atoms with Crippen LogP contribution in [0.25, 0.3) is 0 Å². The molecule has 0 heterocycles. The number of carbonyl (C=O) groups is 3. The molecular formula is C18H18N4O5. The fourth-order valence-electron chi connectivity index (χ4n) is 1.88. The van der Waals surface area contributed by atoms with Gasteiger partial charge in [0.05, 0.1) is 13.3 Å². The monoisotopic (exact) mass is 370 g/mol. The number of nitrogens with one attached hydrogen (secondary N) is 2. The number of hydrazone groups is 1. The predicted octanol–water partition coefficient (Wildman–Crippen LogP) is 0.648. The Morgan fingerprint density at radius 1 is 1.00 bits per heavy atom. The number of benzene rings is 2. The van der Waals surface area contributed by atoms with Crippen molar-refractivity contribution in [3.05, 3.63) is 54.1 Å². The van der Waals surface area contributed by atoms with Crippen molar-refractivity contribution in [3.8, 4) is 11.5 Å². The molecule has 0 saturated carbocycles. The highest BCUT2D eigenvalue weighted by Crippen LogP contribution is 2.14. The van der Waals surface area contributed by atoms with Crippen LogP contribution in [-0.4, -0.2) is 37.7 Å². The summed E-state index contributed by atoms with van der Waals surface area (Å²) >= 11 is 0. The van der Waals surface area contributed by atoms with E-state index in [0.29, 0.717) is 22.7 Å². The minimum atomic E-state index is -0.913. The van der Waals surface area contributed by atoms with Crippen molar-refractivity contribution >= 4 is 29.6 Å². The van der Waals surface area contributed by atoms with Gasteiger partial charge in [0.2, 0.25) is 0 Å². The number of anilines is 1. The van der Waals surface area contributed by atoms with Crippen LogP contribution in [0.3, 0.4) is 0 Å². The fourth-order valence-corrected chi connectivity index (χ4v) is 1.88. The summed E-state index contributed by atoms with van der Waals surface area (Å²) in [5, 5.41) is 6.15. The van der Waals surface area contributed by atoms with E-state index in [9.17, 15) is 14.4 Å². The Bertz CT molecular complexity index is 832. The van der Waals surface area contributed by atoms with E-state index < -0.39 is 17.7 Å². The Hall–Kier alpha value is -3.88. The second-order valence-electron chi connectivity index (χ2n) is 5.21. The predicted molar refractivity (Wildman–Crippen MR) is 98.5 cm³/mol. The lowest BCUT2D eigenvalue weighted by Crippen LogP contribution is -2.32. The average Bonchev–Trinajstić information content (AvgIpc) is 2.67. The SMILES string of the molecule is COc1ccc(NC(=O)C(=O)NN=Cc2ccc(OCC(N)=O)cc2)cc1. The number of primary amides is 1. The maximum Gasteiger partial charge on any atom is 0.329 e. The molecule has 0 atom stereocenters. The molecule has 140 valence electrons. The van der Waals surface area contributed by atoms with Crippen LogP contribution in [0.15, 0.2) is 53.6 Å². The first-order valence-electron chi connectivity index (χ1n) is 7.77. The Morgan fingerprint density at radius 3 is 2.22 bits per heavy atom. The molecule has 2 aromatic carbocycles. The summed E-state index contributed by atoms with van der Waals surface area (Å²) in [7, 11) is 1.53. The van der Waals surface area contributed by atoms with E-state index in [0.717, 1.165) is 0 Å². The van der Waals surface area contributed by atoms with Gasteiger partial charge in [0.15, 0.2) is 6.61 Å². The average molecular weight is 370 g/mol. The summed E-state index contributed by atoms with van der Waals surface area (Å²) in [6.45, 7) is -0.215. The molecule has 0 aromatic heterocycles. The molecule has 4 N–H and O–H groups in total. The number of hydrogen-bond acceptors (Lipinski definition) is 6. The van der Waals surface area contributed by atoms with Gasteiger partial charge in [-0.15, -0.1) is 0 Å². The van der Waals surface area contributed by atoms with Crippen LogP contribution in [-0.2, 0) is 14.4 Å². The summed E-state index contributed by atoms with van der Waals surface area (Å²) in [4.78, 5) is 34.2. The lowest BCUT2D eigenvalue weighted by molar-refractivity contribution is -0.136. The van der Waals surface area contributed by atoms with Gasteiger partial charge in [-0.05, 0) is 54.1 Å². The Balaban J connectivity index is 1.82. The summed E-state index contributed by atoms with van der Waals surface area (Å²) < 4.78 is 10.1. The zero-order valence-electron chi connectivity index (χ0n) is 14.5. The van der Waals surface area contributed by atoms with Gasteiger partial charge in [0, 0.05) is 5.69 Å². The number of nitrogens with two attached hydrogens (primary N) is 1. The van der Waals surface area contributed by atoms with Crippen molar-refractivity contribution in [2.45, 2.75) is 0 Å². The van der Waals surface area contributed by atoms with Crippen molar-refractivity contribution in [1.82, 2.24) is 5.43 Å². The van der Waals surface area contributed by atoms with Gasteiger partial charge in [0.25, 0.3) is 5.91 Å².